The van der Waals surface area contributed by atoms with Gasteiger partial charge in [0.25, 0.3) is 5.91 Å². The summed E-state index contributed by atoms with van der Waals surface area (Å²) in [5, 5.41) is 0.728. The van der Waals surface area contributed by atoms with Crippen molar-refractivity contribution in [2.75, 3.05) is 31.1 Å². The molecule has 5 nitrogen and oxygen atoms in total. The number of piperazine rings is 1. The Morgan fingerprint density at radius 1 is 1.04 bits per heavy atom. The Morgan fingerprint density at radius 2 is 1.78 bits per heavy atom. The van der Waals surface area contributed by atoms with E-state index in [1.807, 2.05) is 18.2 Å². The molecule has 2 aromatic carbocycles. The number of fused-ring (bicyclic) bond motifs is 1. The smallest absolute Gasteiger partial charge is 0.349 e. The molecule has 1 aliphatic rings. The zero-order chi connectivity index (χ0) is 19.0. The lowest BCUT2D eigenvalue weighted by molar-refractivity contribution is 0.0742. The van der Waals surface area contributed by atoms with Crippen LogP contribution in [0.25, 0.3) is 11.0 Å². The lowest BCUT2D eigenvalue weighted by Crippen LogP contribution is -2.49. The van der Waals surface area contributed by atoms with Gasteiger partial charge >= 0.3 is 5.63 Å². The van der Waals surface area contributed by atoms with Crippen LogP contribution in [-0.4, -0.2) is 37.0 Å². The van der Waals surface area contributed by atoms with E-state index in [0.29, 0.717) is 18.7 Å². The molecule has 3 aromatic rings. The molecule has 0 spiro atoms. The summed E-state index contributed by atoms with van der Waals surface area (Å²) in [5.74, 6) is -0.268. The van der Waals surface area contributed by atoms with Gasteiger partial charge in [-0.15, -0.1) is 0 Å². The summed E-state index contributed by atoms with van der Waals surface area (Å²) in [5.41, 5.74) is 2.39. The minimum Gasteiger partial charge on any atom is -0.422 e. The van der Waals surface area contributed by atoms with Gasteiger partial charge in [-0.1, -0.05) is 34.1 Å². The van der Waals surface area contributed by atoms with E-state index >= 15 is 0 Å². The second kappa shape index (κ2) is 7.19. The second-order valence-electron chi connectivity index (χ2n) is 6.70. The number of carbonyl (C=O) groups is 1. The molecule has 0 unspecified atom stereocenters. The van der Waals surface area contributed by atoms with Crippen molar-refractivity contribution in [1.29, 1.82) is 0 Å². The molecule has 0 radical (unpaired) electrons. The van der Waals surface area contributed by atoms with Crippen LogP contribution < -0.4 is 10.5 Å². The lowest BCUT2D eigenvalue weighted by atomic mass is 10.1. The molecule has 6 heteroatoms. The molecule has 27 heavy (non-hydrogen) atoms. The average Bonchev–Trinajstić information content (AvgIpc) is 2.68. The highest BCUT2D eigenvalue weighted by atomic mass is 79.9. The Hall–Kier alpha value is -2.60. The summed E-state index contributed by atoms with van der Waals surface area (Å²) in [6, 6.07) is 15.2. The van der Waals surface area contributed by atoms with Gasteiger partial charge in [0.05, 0.1) is 0 Å². The summed E-state index contributed by atoms with van der Waals surface area (Å²) in [7, 11) is 0. The number of aryl methyl sites for hydroxylation is 1. The van der Waals surface area contributed by atoms with E-state index in [4.69, 9.17) is 4.42 Å². The van der Waals surface area contributed by atoms with Crippen LogP contribution in [0.15, 0.2) is 62.2 Å². The van der Waals surface area contributed by atoms with E-state index < -0.39 is 5.63 Å². The molecule has 138 valence electrons. The third-order valence-corrected chi connectivity index (χ3v) is 5.44. The number of para-hydroxylation sites is 1. The van der Waals surface area contributed by atoms with Gasteiger partial charge in [-0.25, -0.2) is 4.79 Å². The Bertz CT molecular complexity index is 1070. The monoisotopic (exact) mass is 426 g/mol. The topological polar surface area (TPSA) is 53.8 Å². The van der Waals surface area contributed by atoms with Crippen molar-refractivity contribution in [2.24, 2.45) is 0 Å². The molecule has 1 amide bonds. The fraction of sp³-hybridized carbons (Fsp3) is 0.238. The number of anilines is 1. The first kappa shape index (κ1) is 17.8. The lowest BCUT2D eigenvalue weighted by Gasteiger charge is -2.36. The van der Waals surface area contributed by atoms with Gasteiger partial charge in [0.2, 0.25) is 0 Å². The average molecular weight is 427 g/mol. The molecule has 0 aliphatic carbocycles. The highest BCUT2D eigenvalue weighted by Crippen LogP contribution is 2.22. The third kappa shape index (κ3) is 3.49. The molecule has 1 aliphatic heterocycles. The fourth-order valence-corrected chi connectivity index (χ4v) is 3.86. The first-order chi connectivity index (χ1) is 13.0. The molecule has 1 aromatic heterocycles. The van der Waals surface area contributed by atoms with E-state index in [0.717, 1.165) is 22.9 Å². The van der Waals surface area contributed by atoms with E-state index in [2.05, 4.69) is 39.9 Å². The van der Waals surface area contributed by atoms with Crippen LogP contribution in [0.1, 0.15) is 15.9 Å². The Morgan fingerprint density at radius 3 is 2.52 bits per heavy atom. The molecule has 1 fully saturated rings. The normalized spacial score (nSPS) is 14.6. The molecule has 0 bridgehead atoms. The summed E-state index contributed by atoms with van der Waals surface area (Å²) in [6.07, 6.45) is 0. The maximum Gasteiger partial charge on any atom is 0.349 e. The van der Waals surface area contributed by atoms with E-state index in [-0.39, 0.29) is 11.5 Å². The van der Waals surface area contributed by atoms with Gasteiger partial charge in [-0.3, -0.25) is 4.79 Å². The number of benzene rings is 2. The van der Waals surface area contributed by atoms with Crippen molar-refractivity contribution in [2.45, 2.75) is 6.92 Å². The van der Waals surface area contributed by atoms with Gasteiger partial charge in [0.15, 0.2) is 0 Å². The number of hydrogen-bond acceptors (Lipinski definition) is 4. The molecule has 2 heterocycles. The first-order valence-electron chi connectivity index (χ1n) is 8.86. The predicted octanol–water partition coefficient (Wildman–Crippen LogP) is 3.83. The molecular formula is C21H19BrN2O3. The molecule has 0 N–H and O–H groups in total. The highest BCUT2D eigenvalue weighted by molar-refractivity contribution is 9.10. The zero-order valence-corrected chi connectivity index (χ0v) is 16.5. The maximum absolute atomic E-state index is 12.9. The van der Waals surface area contributed by atoms with Crippen molar-refractivity contribution < 1.29 is 9.21 Å². The van der Waals surface area contributed by atoms with Crippen LogP contribution >= 0.6 is 15.9 Å². The largest absolute Gasteiger partial charge is 0.422 e. The maximum atomic E-state index is 12.9. The third-order valence-electron chi connectivity index (χ3n) is 4.95. The zero-order valence-electron chi connectivity index (χ0n) is 14.9. The summed E-state index contributed by atoms with van der Waals surface area (Å²) < 4.78 is 6.20. The number of halogens is 1. The van der Waals surface area contributed by atoms with Crippen LogP contribution in [0.5, 0.6) is 0 Å². The SMILES string of the molecule is Cc1ccccc1N1CCN(C(=O)c2cc3cc(Br)ccc3oc2=O)CC1. The van der Waals surface area contributed by atoms with Gasteiger partial charge < -0.3 is 14.2 Å². The number of rotatable bonds is 2. The van der Waals surface area contributed by atoms with Gasteiger partial charge in [-0.2, -0.15) is 0 Å². The quantitative estimate of drug-likeness (QED) is 0.584. The van der Waals surface area contributed by atoms with Crippen molar-refractivity contribution in [3.05, 3.63) is 74.6 Å². The van der Waals surface area contributed by atoms with Crippen molar-refractivity contribution >= 4 is 38.5 Å². The summed E-state index contributed by atoms with van der Waals surface area (Å²) >= 11 is 3.40. The highest BCUT2D eigenvalue weighted by Gasteiger charge is 2.25. The van der Waals surface area contributed by atoms with E-state index in [1.165, 1.54) is 11.3 Å². The number of amides is 1. The minimum absolute atomic E-state index is 0.0879. The molecule has 0 saturated carbocycles. The molecular weight excluding hydrogens is 408 g/mol. The standard InChI is InChI=1S/C21H19BrN2O3/c1-14-4-2-3-5-18(14)23-8-10-24(11-9-23)20(25)17-13-15-12-16(22)6-7-19(15)27-21(17)26/h2-7,12-13H,8-11H2,1H3. The van der Waals surface area contributed by atoms with Crippen LogP contribution in [0.3, 0.4) is 0 Å². The van der Waals surface area contributed by atoms with E-state index in [9.17, 15) is 9.59 Å². The van der Waals surface area contributed by atoms with Crippen molar-refractivity contribution in [1.82, 2.24) is 4.90 Å². The van der Waals surface area contributed by atoms with Crippen molar-refractivity contribution in [3.8, 4) is 0 Å². The number of carbonyl (C=O) groups excluding carboxylic acids is 1. The van der Waals surface area contributed by atoms with Crippen LogP contribution in [0.2, 0.25) is 0 Å². The molecule has 1 saturated heterocycles. The van der Waals surface area contributed by atoms with Gasteiger partial charge in [-0.05, 0) is 42.8 Å². The molecule has 4 rings (SSSR count). The Kier molecular flexibility index (Phi) is 4.74. The van der Waals surface area contributed by atoms with Crippen LogP contribution in [-0.2, 0) is 0 Å². The number of nitrogens with zero attached hydrogens (tertiary/aromatic N) is 2. The molecule has 0 atom stereocenters. The first-order valence-corrected chi connectivity index (χ1v) is 9.65. The summed E-state index contributed by atoms with van der Waals surface area (Å²) in [4.78, 5) is 29.2. The van der Waals surface area contributed by atoms with E-state index in [1.54, 1.807) is 23.1 Å². The van der Waals surface area contributed by atoms with Crippen LogP contribution in [0, 0.1) is 6.92 Å². The second-order valence-corrected chi connectivity index (χ2v) is 7.61. The van der Waals surface area contributed by atoms with Crippen molar-refractivity contribution in [3.63, 3.8) is 0 Å². The number of hydrogen-bond donors (Lipinski definition) is 0. The predicted molar refractivity (Wildman–Crippen MR) is 109 cm³/mol. The van der Waals surface area contributed by atoms with Gasteiger partial charge in [0.1, 0.15) is 11.1 Å². The fourth-order valence-electron chi connectivity index (χ4n) is 3.48. The Labute approximate surface area is 165 Å². The van der Waals surface area contributed by atoms with Crippen LogP contribution in [0.4, 0.5) is 5.69 Å². The minimum atomic E-state index is -0.587. The summed E-state index contributed by atoms with van der Waals surface area (Å²) in [6.45, 7) is 4.71. The Balaban J connectivity index is 1.54. The van der Waals surface area contributed by atoms with Gasteiger partial charge in [0, 0.05) is 41.7 Å².